The Bertz CT molecular complexity index is 349. The van der Waals surface area contributed by atoms with Crippen LogP contribution in [0.2, 0.25) is 0 Å². The predicted molar refractivity (Wildman–Crippen MR) is 48.5 cm³/mol. The van der Waals surface area contributed by atoms with Gasteiger partial charge in [-0.15, -0.1) is 0 Å². The smallest absolute Gasteiger partial charge is 0.220 e. The molecule has 1 aromatic carbocycles. The van der Waals surface area contributed by atoms with Gasteiger partial charge >= 0.3 is 0 Å². The fourth-order valence-electron chi connectivity index (χ4n) is 1.04. The van der Waals surface area contributed by atoms with Gasteiger partial charge in [-0.05, 0) is 24.1 Å². The average molecular weight is 182 g/mol. The molecule has 0 amide bonds. The average Bonchev–Trinajstić information content (AvgIpc) is 2.28. The van der Waals surface area contributed by atoms with E-state index in [1.807, 2.05) is 0 Å². The third kappa shape index (κ3) is 2.28. The normalized spacial score (nSPS) is 12.5. The molecule has 1 N–H and O–H groups in total. The summed E-state index contributed by atoms with van der Waals surface area (Å²) < 4.78 is 13.1. The van der Waals surface area contributed by atoms with Crippen LogP contribution in [0, 0.1) is 0 Å². The molecule has 0 saturated heterocycles. The van der Waals surface area contributed by atoms with E-state index in [0.717, 1.165) is 6.07 Å². The van der Waals surface area contributed by atoms with Gasteiger partial charge in [-0.2, -0.15) is 0 Å². The van der Waals surface area contributed by atoms with Gasteiger partial charge in [0.25, 0.3) is 0 Å². The maximum Gasteiger partial charge on any atom is 0.220 e. The van der Waals surface area contributed by atoms with Gasteiger partial charge in [-0.25, -0.2) is 4.39 Å². The molecule has 0 spiro atoms. The molecule has 0 aliphatic heterocycles. The van der Waals surface area contributed by atoms with Gasteiger partial charge in [0.1, 0.15) is 6.17 Å². The van der Waals surface area contributed by atoms with Crippen molar-refractivity contribution in [1.29, 1.82) is 0 Å². The standard InChI is InChI=1S/C10H11FO2/c1-2-8(11)7-4-3-5-9(12)10(13)6-7/h3-6,8H,2H2,1H3,(H,12,13). The second-order valence-electron chi connectivity index (χ2n) is 2.80. The number of rotatable bonds is 2. The summed E-state index contributed by atoms with van der Waals surface area (Å²) in [6.07, 6.45) is -0.816. The second kappa shape index (κ2) is 4.03. The first-order chi connectivity index (χ1) is 6.15. The molecule has 0 saturated carbocycles. The number of aromatic hydroxyl groups is 1. The molecular weight excluding hydrogens is 171 g/mol. The third-order valence-electron chi connectivity index (χ3n) is 1.81. The van der Waals surface area contributed by atoms with Gasteiger partial charge in [0.05, 0.1) is 0 Å². The van der Waals surface area contributed by atoms with Crippen LogP contribution in [0.3, 0.4) is 0 Å². The molecule has 0 aromatic heterocycles. The quantitative estimate of drug-likeness (QED) is 0.761. The van der Waals surface area contributed by atoms with Crippen molar-refractivity contribution in [3.63, 3.8) is 0 Å². The Morgan fingerprint density at radius 1 is 1.54 bits per heavy atom. The summed E-state index contributed by atoms with van der Waals surface area (Å²) in [5.74, 6) is -0.352. The molecule has 0 heterocycles. The third-order valence-corrected chi connectivity index (χ3v) is 1.81. The first-order valence-corrected chi connectivity index (χ1v) is 4.12. The van der Waals surface area contributed by atoms with E-state index in [4.69, 9.17) is 5.11 Å². The number of alkyl halides is 1. The zero-order valence-corrected chi connectivity index (χ0v) is 7.33. The Morgan fingerprint density at radius 3 is 2.85 bits per heavy atom. The molecular formula is C10H11FO2. The SMILES string of the molecule is CCC(F)c1cccc(O)c(=O)c1. The highest BCUT2D eigenvalue weighted by Gasteiger charge is 2.06. The highest BCUT2D eigenvalue weighted by molar-refractivity contribution is 5.25. The molecule has 0 bridgehead atoms. The molecule has 70 valence electrons. The number of halogens is 1. The van der Waals surface area contributed by atoms with Crippen LogP contribution in [0.25, 0.3) is 0 Å². The zero-order valence-electron chi connectivity index (χ0n) is 7.33. The zero-order chi connectivity index (χ0) is 9.84. The maximum absolute atomic E-state index is 13.1. The van der Waals surface area contributed by atoms with Crippen molar-refractivity contribution in [2.24, 2.45) is 0 Å². The highest BCUT2D eigenvalue weighted by Crippen LogP contribution is 2.18. The van der Waals surface area contributed by atoms with Crippen LogP contribution < -0.4 is 5.43 Å². The molecule has 1 aromatic rings. The van der Waals surface area contributed by atoms with Gasteiger partial charge in [-0.3, -0.25) is 4.79 Å². The summed E-state index contributed by atoms with van der Waals surface area (Å²) in [7, 11) is 0. The van der Waals surface area contributed by atoms with Crippen molar-refractivity contribution in [2.75, 3.05) is 0 Å². The topological polar surface area (TPSA) is 37.3 Å². The van der Waals surface area contributed by atoms with E-state index >= 15 is 0 Å². The molecule has 1 rings (SSSR count). The van der Waals surface area contributed by atoms with E-state index in [0.29, 0.717) is 12.0 Å². The molecule has 0 radical (unpaired) electrons. The van der Waals surface area contributed by atoms with Crippen LogP contribution in [0.5, 0.6) is 5.75 Å². The van der Waals surface area contributed by atoms with Crippen LogP contribution >= 0.6 is 0 Å². The lowest BCUT2D eigenvalue weighted by Crippen LogP contribution is -1.97. The summed E-state index contributed by atoms with van der Waals surface area (Å²) >= 11 is 0. The summed E-state index contributed by atoms with van der Waals surface area (Å²) in [6.45, 7) is 1.70. The first-order valence-electron chi connectivity index (χ1n) is 4.12. The maximum atomic E-state index is 13.1. The van der Waals surface area contributed by atoms with E-state index in [1.54, 1.807) is 6.92 Å². The van der Waals surface area contributed by atoms with Crippen LogP contribution in [0.15, 0.2) is 29.1 Å². The predicted octanol–water partition coefficient (Wildman–Crippen LogP) is 2.17. The van der Waals surface area contributed by atoms with Gasteiger partial charge < -0.3 is 5.11 Å². The lowest BCUT2D eigenvalue weighted by atomic mass is 10.1. The Kier molecular flexibility index (Phi) is 3.01. The van der Waals surface area contributed by atoms with Gasteiger partial charge in [-0.1, -0.05) is 19.1 Å². The summed E-state index contributed by atoms with van der Waals surface area (Å²) in [5, 5.41) is 9.02. The molecule has 0 aliphatic rings. The Balaban J connectivity index is 3.21. The molecule has 0 fully saturated rings. The molecule has 0 aliphatic carbocycles. The van der Waals surface area contributed by atoms with Crippen molar-refractivity contribution < 1.29 is 9.50 Å². The minimum Gasteiger partial charge on any atom is -0.504 e. The minimum absolute atomic E-state index is 0.313. The van der Waals surface area contributed by atoms with Crippen molar-refractivity contribution in [2.45, 2.75) is 19.5 Å². The van der Waals surface area contributed by atoms with E-state index in [-0.39, 0.29) is 5.75 Å². The van der Waals surface area contributed by atoms with Crippen molar-refractivity contribution >= 4 is 0 Å². The van der Waals surface area contributed by atoms with E-state index < -0.39 is 11.6 Å². The molecule has 1 unspecified atom stereocenters. The van der Waals surface area contributed by atoms with Crippen molar-refractivity contribution in [3.8, 4) is 5.75 Å². The van der Waals surface area contributed by atoms with Crippen LogP contribution in [-0.4, -0.2) is 5.11 Å². The van der Waals surface area contributed by atoms with Crippen LogP contribution in [0.1, 0.15) is 25.1 Å². The van der Waals surface area contributed by atoms with Gasteiger partial charge in [0, 0.05) is 0 Å². The molecule has 3 heteroatoms. The molecule has 2 nitrogen and oxygen atoms in total. The number of hydrogen-bond donors (Lipinski definition) is 1. The summed E-state index contributed by atoms with van der Waals surface area (Å²) in [5.41, 5.74) is -0.232. The van der Waals surface area contributed by atoms with E-state index in [2.05, 4.69) is 0 Å². The van der Waals surface area contributed by atoms with Crippen LogP contribution in [0.4, 0.5) is 4.39 Å². The van der Waals surface area contributed by atoms with Crippen LogP contribution in [-0.2, 0) is 0 Å². The summed E-state index contributed by atoms with van der Waals surface area (Å²) in [4.78, 5) is 11.0. The van der Waals surface area contributed by atoms with E-state index in [1.165, 1.54) is 18.2 Å². The lowest BCUT2D eigenvalue weighted by molar-refractivity contribution is 0.334. The largest absolute Gasteiger partial charge is 0.504 e. The Hall–Kier alpha value is -1.38. The number of hydrogen-bond acceptors (Lipinski definition) is 2. The Morgan fingerprint density at radius 2 is 2.23 bits per heavy atom. The lowest BCUT2D eigenvalue weighted by Gasteiger charge is -2.00. The monoisotopic (exact) mass is 182 g/mol. The van der Waals surface area contributed by atoms with Gasteiger partial charge in [0.15, 0.2) is 5.75 Å². The molecule has 1 atom stereocenters. The fraction of sp³-hybridized carbons (Fsp3) is 0.300. The molecule has 13 heavy (non-hydrogen) atoms. The summed E-state index contributed by atoms with van der Waals surface area (Å²) in [6, 6.07) is 5.35. The second-order valence-corrected chi connectivity index (χ2v) is 2.80. The van der Waals surface area contributed by atoms with Crippen molar-refractivity contribution in [3.05, 3.63) is 40.1 Å². The minimum atomic E-state index is -1.14. The van der Waals surface area contributed by atoms with Gasteiger partial charge in [0.2, 0.25) is 5.43 Å². The fourth-order valence-corrected chi connectivity index (χ4v) is 1.04. The van der Waals surface area contributed by atoms with Crippen molar-refractivity contribution in [1.82, 2.24) is 0 Å². The highest BCUT2D eigenvalue weighted by atomic mass is 19.1. The first kappa shape index (κ1) is 9.71. The Labute approximate surface area is 75.7 Å². The van der Waals surface area contributed by atoms with E-state index in [9.17, 15) is 9.18 Å².